The first kappa shape index (κ1) is 21.2. The van der Waals surface area contributed by atoms with Gasteiger partial charge in [-0.1, -0.05) is 58.9 Å². The van der Waals surface area contributed by atoms with E-state index in [1.165, 1.54) is 10.6 Å². The average molecular weight is 537 g/mol. The van der Waals surface area contributed by atoms with Crippen molar-refractivity contribution in [2.75, 3.05) is 13.3 Å². The molecule has 2 unspecified atom stereocenters. The maximum absolute atomic E-state index is 4.31. The molecule has 130 valence electrons. The number of aryl methyl sites for hydroxylation is 2. The van der Waals surface area contributed by atoms with Crippen LogP contribution >= 0.6 is 17.2 Å². The predicted molar refractivity (Wildman–Crippen MR) is 104 cm³/mol. The van der Waals surface area contributed by atoms with Crippen molar-refractivity contribution in [2.24, 2.45) is 0 Å². The Hall–Kier alpha value is -0.872. The van der Waals surface area contributed by atoms with E-state index < -0.39 is 0 Å². The Labute approximate surface area is 162 Å². The number of imidazole rings is 1. The Bertz CT molecular complexity index is 703. The van der Waals surface area contributed by atoms with Crippen LogP contribution in [0.1, 0.15) is 11.4 Å². The summed E-state index contributed by atoms with van der Waals surface area (Å²) < 4.78 is 0. The molecular formula is C18H22N3P2Pt-. The molecule has 6 heteroatoms. The SMILES string of the molecule is CPc1ccccc1PC.Cc1nc(-c2ccccn2)[n-]c1C.[Pt]. The Morgan fingerprint density at radius 3 is 1.88 bits per heavy atom. The summed E-state index contributed by atoms with van der Waals surface area (Å²) >= 11 is 0. The van der Waals surface area contributed by atoms with Crippen LogP contribution in [-0.4, -0.2) is 23.3 Å². The topological polar surface area (TPSA) is 39.9 Å². The second-order valence-electron chi connectivity index (χ2n) is 4.98. The standard InChI is InChI=1S/C10H10N3.C8H12P2.Pt/c1-7-8(2)13-10(12-7)9-5-3-4-6-11-9;1-9-7-5-3-4-6-8(7)10-2;/h3-6H,1-2H3;3-6,9-10H,1-2H3;/q-1;;. The van der Waals surface area contributed by atoms with E-state index in [9.17, 15) is 0 Å². The molecule has 2 atom stereocenters. The van der Waals surface area contributed by atoms with Crippen molar-refractivity contribution in [1.82, 2.24) is 15.0 Å². The molecule has 0 fully saturated rings. The summed E-state index contributed by atoms with van der Waals surface area (Å²) in [4.78, 5) is 12.8. The first-order valence-electron chi connectivity index (χ1n) is 7.49. The van der Waals surface area contributed by atoms with Crippen molar-refractivity contribution >= 4 is 27.8 Å². The molecule has 0 aliphatic carbocycles. The zero-order chi connectivity index (χ0) is 16.7. The van der Waals surface area contributed by atoms with E-state index in [2.05, 4.69) is 52.5 Å². The van der Waals surface area contributed by atoms with Crippen LogP contribution in [0.4, 0.5) is 0 Å². The second kappa shape index (κ2) is 10.9. The third-order valence-electron chi connectivity index (χ3n) is 3.43. The molecule has 0 bridgehead atoms. The van der Waals surface area contributed by atoms with Gasteiger partial charge in [0.05, 0.1) is 5.69 Å². The third kappa shape index (κ3) is 5.89. The summed E-state index contributed by atoms with van der Waals surface area (Å²) in [6.45, 7) is 8.38. The van der Waals surface area contributed by atoms with Crippen molar-refractivity contribution < 1.29 is 21.1 Å². The first-order valence-corrected chi connectivity index (χ1v) is 10.5. The van der Waals surface area contributed by atoms with Gasteiger partial charge in [-0.25, -0.2) is 0 Å². The van der Waals surface area contributed by atoms with E-state index >= 15 is 0 Å². The molecule has 0 saturated carbocycles. The Kier molecular flexibility index (Phi) is 9.60. The van der Waals surface area contributed by atoms with Gasteiger partial charge in [0.25, 0.3) is 0 Å². The van der Waals surface area contributed by atoms with Crippen LogP contribution in [0.3, 0.4) is 0 Å². The molecule has 3 aromatic rings. The van der Waals surface area contributed by atoms with E-state index in [0.717, 1.165) is 40.1 Å². The summed E-state index contributed by atoms with van der Waals surface area (Å²) in [7, 11) is 1.89. The van der Waals surface area contributed by atoms with Crippen molar-refractivity contribution in [2.45, 2.75) is 13.8 Å². The summed E-state index contributed by atoms with van der Waals surface area (Å²) in [5.41, 5.74) is 2.78. The number of hydrogen-bond donors (Lipinski definition) is 0. The van der Waals surface area contributed by atoms with Gasteiger partial charge in [0.2, 0.25) is 0 Å². The summed E-state index contributed by atoms with van der Waals surface area (Å²) in [6.07, 6.45) is 1.75. The molecule has 1 aromatic carbocycles. The van der Waals surface area contributed by atoms with E-state index in [4.69, 9.17) is 0 Å². The minimum absolute atomic E-state index is 0. The molecular weight excluding hydrogens is 515 g/mol. The summed E-state index contributed by atoms with van der Waals surface area (Å²) in [5, 5.41) is 3.06. The van der Waals surface area contributed by atoms with Crippen molar-refractivity contribution in [3.8, 4) is 11.5 Å². The van der Waals surface area contributed by atoms with E-state index in [0.29, 0.717) is 0 Å². The van der Waals surface area contributed by atoms with Gasteiger partial charge in [0.1, 0.15) is 0 Å². The number of pyridine rings is 1. The molecule has 2 heterocycles. The fraction of sp³-hybridized carbons (Fsp3) is 0.222. The van der Waals surface area contributed by atoms with Gasteiger partial charge in [-0.2, -0.15) is 0 Å². The number of rotatable bonds is 3. The zero-order valence-electron chi connectivity index (χ0n) is 14.3. The molecule has 0 spiro atoms. The Morgan fingerprint density at radius 2 is 1.46 bits per heavy atom. The van der Waals surface area contributed by atoms with Gasteiger partial charge in [0.15, 0.2) is 0 Å². The van der Waals surface area contributed by atoms with Crippen LogP contribution in [0.15, 0.2) is 48.7 Å². The molecule has 0 amide bonds. The monoisotopic (exact) mass is 537 g/mol. The second-order valence-corrected chi connectivity index (χ2v) is 7.06. The molecule has 0 aliphatic heterocycles. The van der Waals surface area contributed by atoms with Gasteiger partial charge >= 0.3 is 0 Å². The molecule has 3 rings (SSSR count). The Balaban J connectivity index is 0.000000238. The van der Waals surface area contributed by atoms with Gasteiger partial charge in [-0.3, -0.25) is 4.98 Å². The van der Waals surface area contributed by atoms with Crippen LogP contribution in [-0.2, 0) is 21.1 Å². The fourth-order valence-corrected chi connectivity index (χ4v) is 4.01. The van der Waals surface area contributed by atoms with Gasteiger partial charge in [0, 0.05) is 27.3 Å². The maximum atomic E-state index is 4.31. The van der Waals surface area contributed by atoms with Gasteiger partial charge in [-0.05, 0) is 55.7 Å². The van der Waals surface area contributed by atoms with Crippen LogP contribution in [0.2, 0.25) is 0 Å². The number of nitrogens with zero attached hydrogens (tertiary/aromatic N) is 3. The Morgan fingerprint density at radius 1 is 0.875 bits per heavy atom. The zero-order valence-corrected chi connectivity index (χ0v) is 18.5. The minimum Gasteiger partial charge on any atom is -0.438 e. The van der Waals surface area contributed by atoms with Crippen LogP contribution < -0.4 is 15.6 Å². The van der Waals surface area contributed by atoms with Gasteiger partial charge in [-0.15, -0.1) is 0 Å². The third-order valence-corrected chi connectivity index (χ3v) is 5.63. The van der Waals surface area contributed by atoms with E-state index in [1.54, 1.807) is 6.20 Å². The first-order chi connectivity index (χ1) is 11.2. The molecule has 0 saturated heterocycles. The predicted octanol–water partition coefficient (Wildman–Crippen LogP) is 3.27. The van der Waals surface area contributed by atoms with E-state index in [1.807, 2.05) is 32.0 Å². The molecule has 3 nitrogen and oxygen atoms in total. The minimum atomic E-state index is 0. The number of hydrogen-bond acceptors (Lipinski definition) is 2. The van der Waals surface area contributed by atoms with Crippen LogP contribution in [0.5, 0.6) is 0 Å². The quantitative estimate of drug-likeness (QED) is 0.482. The van der Waals surface area contributed by atoms with Crippen LogP contribution in [0, 0.1) is 13.8 Å². The largest absolute Gasteiger partial charge is 0.438 e. The molecule has 0 aliphatic rings. The maximum Gasteiger partial charge on any atom is 0.0620 e. The number of benzene rings is 1. The van der Waals surface area contributed by atoms with Crippen molar-refractivity contribution in [3.63, 3.8) is 0 Å². The van der Waals surface area contributed by atoms with E-state index in [-0.39, 0.29) is 21.1 Å². The average Bonchev–Trinajstić information content (AvgIpc) is 2.95. The number of aromatic nitrogens is 3. The molecule has 24 heavy (non-hydrogen) atoms. The summed E-state index contributed by atoms with van der Waals surface area (Å²) in [6, 6.07) is 14.4. The molecule has 2 aromatic heterocycles. The molecule has 0 radical (unpaired) electrons. The fourth-order valence-electron chi connectivity index (χ4n) is 2.03. The summed E-state index contributed by atoms with van der Waals surface area (Å²) in [5.74, 6) is 0.718. The van der Waals surface area contributed by atoms with Crippen LogP contribution in [0.25, 0.3) is 11.5 Å². The van der Waals surface area contributed by atoms with Crippen molar-refractivity contribution in [3.05, 3.63) is 60.0 Å². The van der Waals surface area contributed by atoms with Crippen molar-refractivity contribution in [1.29, 1.82) is 0 Å². The molecule has 0 N–H and O–H groups in total. The smallest absolute Gasteiger partial charge is 0.0620 e. The normalized spacial score (nSPS) is 10.7. The van der Waals surface area contributed by atoms with Gasteiger partial charge < -0.3 is 9.97 Å².